The van der Waals surface area contributed by atoms with Crippen LogP contribution in [0.5, 0.6) is 0 Å². The number of hydrogen-bond donors (Lipinski definition) is 1. The Morgan fingerprint density at radius 3 is 2.90 bits per heavy atom. The van der Waals surface area contributed by atoms with E-state index in [-0.39, 0.29) is 6.04 Å². The van der Waals surface area contributed by atoms with E-state index in [1.54, 1.807) is 0 Å². The van der Waals surface area contributed by atoms with E-state index >= 15 is 0 Å². The predicted molar refractivity (Wildman–Crippen MR) is 80.3 cm³/mol. The van der Waals surface area contributed by atoms with Crippen LogP contribution in [0.25, 0.3) is 0 Å². The zero-order valence-corrected chi connectivity index (χ0v) is 12.7. The fraction of sp³-hybridized carbons (Fsp3) is 0.600. The Morgan fingerprint density at radius 1 is 1.30 bits per heavy atom. The Kier molecular flexibility index (Phi) is 3.84. The van der Waals surface area contributed by atoms with E-state index in [1.165, 1.54) is 11.1 Å². The van der Waals surface area contributed by atoms with Crippen LogP contribution in [0.1, 0.15) is 30.5 Å². The minimum Gasteiger partial charge on any atom is -0.313 e. The minimum atomic E-state index is -2.85. The smallest absolute Gasteiger partial charge is 0.153 e. The number of hydrogen-bond acceptors (Lipinski definition) is 4. The highest BCUT2D eigenvalue weighted by atomic mass is 32.2. The summed E-state index contributed by atoms with van der Waals surface area (Å²) >= 11 is 0. The van der Waals surface area contributed by atoms with Gasteiger partial charge in [-0.25, -0.2) is 8.42 Å². The third-order valence-electron chi connectivity index (χ3n) is 4.45. The fourth-order valence-electron chi connectivity index (χ4n) is 3.46. The minimum absolute atomic E-state index is 0.102. The van der Waals surface area contributed by atoms with Crippen LogP contribution < -0.4 is 5.32 Å². The molecule has 0 saturated carbocycles. The van der Waals surface area contributed by atoms with E-state index in [0.717, 1.165) is 19.5 Å². The molecule has 2 heterocycles. The predicted octanol–water partition coefficient (Wildman–Crippen LogP) is 1.34. The maximum atomic E-state index is 11.8. The van der Waals surface area contributed by atoms with E-state index in [0.29, 0.717) is 24.1 Å². The first kappa shape index (κ1) is 14.0. The van der Waals surface area contributed by atoms with Crippen molar-refractivity contribution in [2.45, 2.75) is 32.0 Å². The maximum Gasteiger partial charge on any atom is 0.153 e. The van der Waals surface area contributed by atoms with E-state index < -0.39 is 9.84 Å². The van der Waals surface area contributed by atoms with Crippen molar-refractivity contribution in [2.24, 2.45) is 0 Å². The number of sulfone groups is 1. The summed E-state index contributed by atoms with van der Waals surface area (Å²) in [6.07, 6.45) is 1.04. The number of nitrogens with zero attached hydrogens (tertiary/aromatic N) is 1. The van der Waals surface area contributed by atoms with Crippen LogP contribution in [0.15, 0.2) is 24.3 Å². The molecule has 2 aliphatic rings. The molecule has 2 aliphatic heterocycles. The van der Waals surface area contributed by atoms with Crippen molar-refractivity contribution in [1.82, 2.24) is 10.2 Å². The maximum absolute atomic E-state index is 11.8. The molecule has 1 saturated heterocycles. The number of benzene rings is 1. The molecule has 5 heteroatoms. The molecule has 4 nitrogen and oxygen atoms in total. The van der Waals surface area contributed by atoms with Crippen molar-refractivity contribution in [3.05, 3.63) is 35.4 Å². The second-order valence-electron chi connectivity index (χ2n) is 5.88. The summed E-state index contributed by atoms with van der Waals surface area (Å²) < 4.78 is 23.5. The van der Waals surface area contributed by atoms with Crippen molar-refractivity contribution in [3.8, 4) is 0 Å². The van der Waals surface area contributed by atoms with Gasteiger partial charge in [0, 0.05) is 25.2 Å². The molecule has 0 amide bonds. The molecule has 1 fully saturated rings. The molecule has 0 radical (unpaired) electrons. The number of nitrogens with one attached hydrogen (secondary N) is 1. The van der Waals surface area contributed by atoms with Crippen LogP contribution in [0.4, 0.5) is 0 Å². The Morgan fingerprint density at radius 2 is 2.10 bits per heavy atom. The monoisotopic (exact) mass is 294 g/mol. The summed E-state index contributed by atoms with van der Waals surface area (Å²) in [6, 6.07) is 8.97. The number of fused-ring (bicyclic) bond motifs is 1. The first-order valence-corrected chi connectivity index (χ1v) is 9.14. The van der Waals surface area contributed by atoms with E-state index in [2.05, 4.69) is 34.5 Å². The van der Waals surface area contributed by atoms with Crippen molar-refractivity contribution in [2.75, 3.05) is 24.6 Å². The second-order valence-corrected chi connectivity index (χ2v) is 8.11. The van der Waals surface area contributed by atoms with Crippen molar-refractivity contribution < 1.29 is 8.42 Å². The van der Waals surface area contributed by atoms with Crippen molar-refractivity contribution >= 4 is 9.84 Å². The van der Waals surface area contributed by atoms with E-state index in [4.69, 9.17) is 0 Å². The highest BCUT2D eigenvalue weighted by Gasteiger charge is 2.34. The van der Waals surface area contributed by atoms with Gasteiger partial charge < -0.3 is 5.32 Å². The van der Waals surface area contributed by atoms with E-state index in [1.807, 2.05) is 6.92 Å². The van der Waals surface area contributed by atoms with Crippen molar-refractivity contribution in [1.29, 1.82) is 0 Å². The molecular weight excluding hydrogens is 272 g/mol. The molecule has 0 aromatic heterocycles. The zero-order chi connectivity index (χ0) is 14.2. The van der Waals surface area contributed by atoms with E-state index in [9.17, 15) is 8.42 Å². The van der Waals surface area contributed by atoms with Crippen LogP contribution in [0.3, 0.4) is 0 Å². The topological polar surface area (TPSA) is 49.4 Å². The van der Waals surface area contributed by atoms with Crippen LogP contribution in [-0.4, -0.2) is 44.0 Å². The molecule has 2 unspecified atom stereocenters. The molecule has 2 atom stereocenters. The lowest BCUT2D eigenvalue weighted by Crippen LogP contribution is -2.48. The van der Waals surface area contributed by atoms with Crippen LogP contribution in [-0.2, 0) is 16.4 Å². The standard InChI is InChI=1S/C15H22N2O2S/c1-12-11-20(18,19)9-8-17(12)15-6-7-16-10-13-4-2-3-5-14(13)15/h2-5,12,15-16H,6-11H2,1H3. The SMILES string of the molecule is CC1CS(=O)(=O)CCN1C1CCNCc2ccccc21. The lowest BCUT2D eigenvalue weighted by atomic mass is 9.97. The second kappa shape index (κ2) is 5.47. The average molecular weight is 294 g/mol. The van der Waals surface area contributed by atoms with Crippen LogP contribution >= 0.6 is 0 Å². The summed E-state index contributed by atoms with van der Waals surface area (Å²) in [5.74, 6) is 0.586. The van der Waals surface area contributed by atoms with Gasteiger partial charge in [0.1, 0.15) is 0 Å². The third kappa shape index (κ3) is 2.75. The van der Waals surface area contributed by atoms with Crippen LogP contribution in [0, 0.1) is 0 Å². The molecule has 3 rings (SSSR count). The summed E-state index contributed by atoms with van der Waals surface area (Å²) in [5.41, 5.74) is 2.71. The lowest BCUT2D eigenvalue weighted by molar-refractivity contribution is 0.151. The Bertz CT molecular complexity index is 585. The van der Waals surface area contributed by atoms with Gasteiger partial charge in [-0.05, 0) is 31.0 Å². The first-order valence-electron chi connectivity index (χ1n) is 7.31. The van der Waals surface area contributed by atoms with Gasteiger partial charge in [-0.1, -0.05) is 24.3 Å². The Hall–Kier alpha value is -0.910. The van der Waals surface area contributed by atoms with Crippen molar-refractivity contribution in [3.63, 3.8) is 0 Å². The van der Waals surface area contributed by atoms with Gasteiger partial charge in [-0.15, -0.1) is 0 Å². The highest BCUT2D eigenvalue weighted by Crippen LogP contribution is 2.32. The molecule has 1 aromatic carbocycles. The van der Waals surface area contributed by atoms with Gasteiger partial charge in [-0.3, -0.25) is 4.90 Å². The number of rotatable bonds is 1. The van der Waals surface area contributed by atoms with Crippen LogP contribution in [0.2, 0.25) is 0 Å². The molecule has 110 valence electrons. The first-order chi connectivity index (χ1) is 9.57. The molecule has 0 aliphatic carbocycles. The Balaban J connectivity index is 1.90. The lowest BCUT2D eigenvalue weighted by Gasteiger charge is -2.39. The average Bonchev–Trinajstić information content (AvgIpc) is 2.60. The summed E-state index contributed by atoms with van der Waals surface area (Å²) in [5, 5.41) is 3.46. The molecule has 0 bridgehead atoms. The quantitative estimate of drug-likeness (QED) is 0.849. The molecular formula is C15H22N2O2S. The molecule has 1 aromatic rings. The fourth-order valence-corrected chi connectivity index (χ4v) is 5.04. The van der Waals surface area contributed by atoms with Gasteiger partial charge in [0.05, 0.1) is 11.5 Å². The van der Waals surface area contributed by atoms with Gasteiger partial charge >= 0.3 is 0 Å². The van der Waals surface area contributed by atoms with Gasteiger partial charge in [0.2, 0.25) is 0 Å². The highest BCUT2D eigenvalue weighted by molar-refractivity contribution is 7.91. The summed E-state index contributed by atoms with van der Waals surface area (Å²) in [7, 11) is -2.85. The summed E-state index contributed by atoms with van der Waals surface area (Å²) in [4.78, 5) is 2.38. The van der Waals surface area contributed by atoms with Gasteiger partial charge in [0.15, 0.2) is 9.84 Å². The largest absolute Gasteiger partial charge is 0.313 e. The van der Waals surface area contributed by atoms with Gasteiger partial charge in [0.25, 0.3) is 0 Å². The normalized spacial score (nSPS) is 30.4. The molecule has 20 heavy (non-hydrogen) atoms. The zero-order valence-electron chi connectivity index (χ0n) is 11.9. The Labute approximate surface area is 121 Å². The third-order valence-corrected chi connectivity index (χ3v) is 6.24. The molecule has 0 spiro atoms. The molecule has 1 N–H and O–H groups in total. The van der Waals surface area contributed by atoms with Gasteiger partial charge in [-0.2, -0.15) is 0 Å². The summed E-state index contributed by atoms with van der Waals surface area (Å²) in [6.45, 7) is 4.59.